The van der Waals surface area contributed by atoms with Crippen LogP contribution in [0.25, 0.3) is 5.69 Å². The number of anilines is 1. The zero-order chi connectivity index (χ0) is 26.8. The van der Waals surface area contributed by atoms with Crippen molar-refractivity contribution in [3.63, 3.8) is 0 Å². The minimum atomic E-state index is -5.38. The number of nitrogens with zero attached hydrogens (tertiary/aromatic N) is 3. The van der Waals surface area contributed by atoms with E-state index in [1.165, 1.54) is 18.0 Å². The van der Waals surface area contributed by atoms with Crippen molar-refractivity contribution in [2.75, 3.05) is 24.0 Å². The normalized spacial score (nSPS) is 12.0. The molecular formula is C22H18F7N3O3S. The van der Waals surface area contributed by atoms with Gasteiger partial charge in [0.25, 0.3) is 0 Å². The molecule has 0 bridgehead atoms. The summed E-state index contributed by atoms with van der Waals surface area (Å²) in [4.78, 5) is 26.2. The average molecular weight is 537 g/mol. The van der Waals surface area contributed by atoms with Gasteiger partial charge in [-0.15, -0.1) is 0 Å². The minimum absolute atomic E-state index is 0.0313. The van der Waals surface area contributed by atoms with Gasteiger partial charge in [0.1, 0.15) is 11.4 Å². The highest BCUT2D eigenvalue weighted by molar-refractivity contribution is 7.98. The fraction of sp³-hybridized carbons (Fsp3) is 0.273. The Kier molecular flexibility index (Phi) is 7.76. The van der Waals surface area contributed by atoms with Gasteiger partial charge in [0.2, 0.25) is 0 Å². The third-order valence-corrected chi connectivity index (χ3v) is 5.61. The maximum Gasteiger partial charge on any atom is 0.420 e. The molecule has 0 saturated heterocycles. The van der Waals surface area contributed by atoms with E-state index in [2.05, 4.69) is 0 Å². The summed E-state index contributed by atoms with van der Waals surface area (Å²) in [6.45, 7) is 0.139. The zero-order valence-corrected chi connectivity index (χ0v) is 19.5. The van der Waals surface area contributed by atoms with Crippen molar-refractivity contribution in [3.8, 4) is 11.4 Å². The Morgan fingerprint density at radius 2 is 1.67 bits per heavy atom. The predicted molar refractivity (Wildman–Crippen MR) is 119 cm³/mol. The Bertz CT molecular complexity index is 1300. The molecule has 2 aromatic carbocycles. The first kappa shape index (κ1) is 27.2. The maximum atomic E-state index is 13.9. The van der Waals surface area contributed by atoms with E-state index in [9.17, 15) is 40.3 Å². The number of carbonyl (C=O) groups excluding carboxylic acids is 1. The van der Waals surface area contributed by atoms with E-state index in [0.717, 1.165) is 47.0 Å². The number of carbonyl (C=O) groups is 1. The lowest BCUT2D eigenvalue weighted by Crippen LogP contribution is -2.31. The molecule has 0 aliphatic heterocycles. The molecule has 3 rings (SSSR count). The van der Waals surface area contributed by atoms with Crippen LogP contribution >= 0.6 is 11.8 Å². The smallest absolute Gasteiger partial charge is 0.407 e. The van der Waals surface area contributed by atoms with Crippen molar-refractivity contribution in [1.82, 2.24) is 9.13 Å². The van der Waals surface area contributed by atoms with E-state index in [4.69, 9.17) is 4.74 Å². The van der Waals surface area contributed by atoms with Gasteiger partial charge in [-0.1, -0.05) is 0 Å². The average Bonchev–Trinajstić information content (AvgIpc) is 3.16. The number of benzene rings is 2. The number of rotatable bonds is 6. The highest BCUT2D eigenvalue weighted by Crippen LogP contribution is 2.44. The molecule has 3 aromatic rings. The molecule has 0 atom stereocenters. The number of imidazole rings is 1. The van der Waals surface area contributed by atoms with Crippen LogP contribution in [0.2, 0.25) is 0 Å². The van der Waals surface area contributed by atoms with Gasteiger partial charge in [-0.3, -0.25) is 14.0 Å². The molecule has 14 heteroatoms. The van der Waals surface area contributed by atoms with Crippen LogP contribution in [0.3, 0.4) is 0 Å². The Balaban J connectivity index is 2.20. The minimum Gasteiger partial charge on any atom is -0.407 e. The van der Waals surface area contributed by atoms with Crippen molar-refractivity contribution in [3.05, 3.63) is 76.2 Å². The first-order valence-electron chi connectivity index (χ1n) is 10.0. The van der Waals surface area contributed by atoms with Gasteiger partial charge in [-0.05, 0) is 42.7 Å². The number of halogens is 7. The molecular weight excluding hydrogens is 519 g/mol. The lowest BCUT2D eigenvalue weighted by atomic mass is 10.1. The second-order valence-electron chi connectivity index (χ2n) is 7.41. The summed E-state index contributed by atoms with van der Waals surface area (Å²) in [5.41, 5.74) is -5.42. The van der Waals surface area contributed by atoms with Crippen molar-refractivity contribution in [2.45, 2.75) is 18.9 Å². The molecule has 0 aliphatic rings. The fourth-order valence-electron chi connectivity index (χ4n) is 3.16. The quantitative estimate of drug-likeness (QED) is 0.373. The Morgan fingerprint density at radius 1 is 1.03 bits per heavy atom. The zero-order valence-electron chi connectivity index (χ0n) is 18.7. The third kappa shape index (κ3) is 5.86. The van der Waals surface area contributed by atoms with E-state index in [1.807, 2.05) is 0 Å². The fourth-order valence-corrected chi connectivity index (χ4v) is 3.54. The van der Waals surface area contributed by atoms with Crippen LogP contribution in [0, 0.1) is 5.82 Å². The Morgan fingerprint density at radius 3 is 2.22 bits per heavy atom. The number of aromatic nitrogens is 2. The summed E-state index contributed by atoms with van der Waals surface area (Å²) >= 11 is 1.37. The summed E-state index contributed by atoms with van der Waals surface area (Å²) in [5.74, 6) is -1.49. The molecule has 194 valence electrons. The van der Waals surface area contributed by atoms with E-state index >= 15 is 0 Å². The topological polar surface area (TPSA) is 56.5 Å². The van der Waals surface area contributed by atoms with E-state index < -0.39 is 52.5 Å². The number of ether oxygens (including phenoxy) is 1. The second-order valence-corrected chi connectivity index (χ2v) is 8.39. The molecule has 1 aromatic heterocycles. The molecule has 1 heterocycles. The van der Waals surface area contributed by atoms with Gasteiger partial charge in [-0.25, -0.2) is 14.0 Å². The monoisotopic (exact) mass is 537 g/mol. The summed E-state index contributed by atoms with van der Waals surface area (Å²) in [6, 6.07) is 4.37. The number of hydrogen-bond acceptors (Lipinski definition) is 4. The molecule has 0 fully saturated rings. The molecule has 1 amide bonds. The molecule has 36 heavy (non-hydrogen) atoms. The second kappa shape index (κ2) is 10.3. The molecule has 0 spiro atoms. The van der Waals surface area contributed by atoms with Gasteiger partial charge in [0, 0.05) is 37.4 Å². The number of thioether (sulfide) groups is 1. The highest BCUT2D eigenvalue weighted by atomic mass is 32.2. The summed E-state index contributed by atoms with van der Waals surface area (Å²) in [7, 11) is 1.11. The lowest BCUT2D eigenvalue weighted by Gasteiger charge is -2.22. The summed E-state index contributed by atoms with van der Waals surface area (Å²) in [5, 5.41) is 0. The number of alkyl halides is 6. The van der Waals surface area contributed by atoms with Gasteiger partial charge in [0.15, 0.2) is 5.75 Å². The van der Waals surface area contributed by atoms with Crippen LogP contribution in [0.15, 0.2) is 53.6 Å². The van der Waals surface area contributed by atoms with Crippen LogP contribution < -0.4 is 15.3 Å². The van der Waals surface area contributed by atoms with Crippen LogP contribution in [-0.4, -0.2) is 34.3 Å². The van der Waals surface area contributed by atoms with Crippen molar-refractivity contribution < 1.29 is 40.3 Å². The van der Waals surface area contributed by atoms with Crippen molar-refractivity contribution in [1.29, 1.82) is 0 Å². The highest BCUT2D eigenvalue weighted by Gasteiger charge is 2.42. The predicted octanol–water partition coefficient (Wildman–Crippen LogP) is 5.81. The molecule has 0 aliphatic carbocycles. The van der Waals surface area contributed by atoms with Crippen LogP contribution in [0.5, 0.6) is 5.75 Å². The number of amides is 1. The van der Waals surface area contributed by atoms with Gasteiger partial charge < -0.3 is 4.74 Å². The third-order valence-electron chi connectivity index (χ3n) is 5.02. The first-order chi connectivity index (χ1) is 16.7. The Hall–Kier alpha value is -3.42. The SMILES string of the molecule is CSCCn1ccn(-c2cc(C(F)(F)F)cc(C(F)(F)F)c2OC(=O)N(C)c2ccc(F)cc2)c1=O. The van der Waals surface area contributed by atoms with Gasteiger partial charge >= 0.3 is 24.1 Å². The maximum absolute atomic E-state index is 13.9. The number of hydrogen-bond donors (Lipinski definition) is 0. The molecule has 0 N–H and O–H groups in total. The molecule has 6 nitrogen and oxygen atoms in total. The van der Waals surface area contributed by atoms with Crippen LogP contribution in [-0.2, 0) is 18.9 Å². The summed E-state index contributed by atoms with van der Waals surface area (Å²) < 4.78 is 102. The van der Waals surface area contributed by atoms with Crippen LogP contribution in [0.4, 0.5) is 41.2 Å². The Labute approximate surface area is 203 Å². The summed E-state index contributed by atoms with van der Waals surface area (Å²) in [6.07, 6.45) is -8.07. The molecule has 0 unspecified atom stereocenters. The van der Waals surface area contributed by atoms with Crippen molar-refractivity contribution in [2.24, 2.45) is 0 Å². The lowest BCUT2D eigenvalue weighted by molar-refractivity contribution is -0.143. The molecule has 0 saturated carbocycles. The van der Waals surface area contributed by atoms with Gasteiger partial charge in [0.05, 0.1) is 11.3 Å². The van der Waals surface area contributed by atoms with Crippen LogP contribution in [0.1, 0.15) is 11.1 Å². The van der Waals surface area contributed by atoms with E-state index in [1.54, 1.807) is 6.26 Å². The standard InChI is InChI=1S/C22H18F7N3O3S/c1-30(15-5-3-14(23)4-6-15)20(34)35-18-16(22(27,28)29)11-13(21(24,25)26)12-17(18)32-8-7-31(19(32)33)9-10-36-2/h3-8,11-12H,9-10H2,1-2H3. The largest absolute Gasteiger partial charge is 0.420 e. The first-order valence-corrected chi connectivity index (χ1v) is 11.4. The van der Waals surface area contributed by atoms with Gasteiger partial charge in [-0.2, -0.15) is 38.1 Å². The number of aryl methyl sites for hydroxylation is 1. The molecule has 0 radical (unpaired) electrons. The van der Waals surface area contributed by atoms with E-state index in [-0.39, 0.29) is 18.3 Å². The van der Waals surface area contributed by atoms with Crippen molar-refractivity contribution >= 4 is 23.5 Å². The van der Waals surface area contributed by atoms with E-state index in [0.29, 0.717) is 16.4 Å².